The predicted molar refractivity (Wildman–Crippen MR) is 63.9 cm³/mol. The van der Waals surface area contributed by atoms with Gasteiger partial charge in [-0.25, -0.2) is 4.39 Å². The third-order valence-electron chi connectivity index (χ3n) is 2.93. The molecule has 2 rings (SSSR count). The van der Waals surface area contributed by atoms with Crippen LogP contribution in [0.15, 0.2) is 18.2 Å². The number of hydrogen-bond donors (Lipinski definition) is 2. The first kappa shape index (κ1) is 11.8. The van der Waals surface area contributed by atoms with Crippen LogP contribution in [0.3, 0.4) is 0 Å². The summed E-state index contributed by atoms with van der Waals surface area (Å²) < 4.78 is 13.3. The molecule has 88 valence electrons. The van der Waals surface area contributed by atoms with Crippen molar-refractivity contribution >= 4 is 11.6 Å². The van der Waals surface area contributed by atoms with Crippen LogP contribution in [0.1, 0.15) is 24.4 Å². The van der Waals surface area contributed by atoms with E-state index in [0.717, 1.165) is 18.0 Å². The summed E-state index contributed by atoms with van der Waals surface area (Å²) in [7, 11) is 0. The molecule has 16 heavy (non-hydrogen) atoms. The Bertz CT molecular complexity index is 366. The van der Waals surface area contributed by atoms with Crippen LogP contribution in [0.5, 0.6) is 0 Å². The van der Waals surface area contributed by atoms with E-state index in [9.17, 15) is 4.39 Å². The topological polar surface area (TPSA) is 38.0 Å². The Labute approximate surface area is 100.0 Å². The van der Waals surface area contributed by atoms with Gasteiger partial charge in [0, 0.05) is 12.6 Å². The molecule has 0 spiro atoms. The molecule has 1 saturated carbocycles. The first-order valence-corrected chi connectivity index (χ1v) is 5.97. The lowest BCUT2D eigenvalue weighted by molar-refractivity contribution is 0.518. The largest absolute Gasteiger partial charge is 0.329 e. The van der Waals surface area contributed by atoms with Crippen molar-refractivity contribution in [2.75, 3.05) is 13.1 Å². The zero-order valence-corrected chi connectivity index (χ0v) is 9.80. The molecule has 0 bridgehead atoms. The Hall–Kier alpha value is -0.640. The lowest BCUT2D eigenvalue weighted by Gasteiger charge is -2.17. The minimum Gasteiger partial charge on any atom is -0.329 e. The minimum atomic E-state index is -0.383. The van der Waals surface area contributed by atoms with E-state index in [0.29, 0.717) is 6.54 Å². The smallest absolute Gasteiger partial charge is 0.142 e. The van der Waals surface area contributed by atoms with Crippen LogP contribution in [0, 0.1) is 11.7 Å². The molecule has 0 aliphatic heterocycles. The Morgan fingerprint density at radius 3 is 2.81 bits per heavy atom. The maximum atomic E-state index is 13.3. The van der Waals surface area contributed by atoms with Crippen molar-refractivity contribution in [3.63, 3.8) is 0 Å². The molecule has 4 heteroatoms. The Morgan fingerprint density at radius 2 is 2.25 bits per heavy atom. The van der Waals surface area contributed by atoms with Gasteiger partial charge in [0.25, 0.3) is 0 Å². The summed E-state index contributed by atoms with van der Waals surface area (Å²) in [5.74, 6) is 0.400. The van der Waals surface area contributed by atoms with Crippen LogP contribution >= 0.6 is 11.6 Å². The third kappa shape index (κ3) is 2.94. The molecule has 1 aromatic carbocycles. The van der Waals surface area contributed by atoms with Crippen LogP contribution in [0.4, 0.5) is 4.39 Å². The van der Waals surface area contributed by atoms with Crippen molar-refractivity contribution in [3.8, 4) is 0 Å². The van der Waals surface area contributed by atoms with Gasteiger partial charge in [0.2, 0.25) is 0 Å². The highest BCUT2D eigenvalue weighted by Gasteiger charge is 2.22. The predicted octanol–water partition coefficient (Wildman–Crippen LogP) is 2.48. The second-order valence-corrected chi connectivity index (χ2v) is 4.72. The molecule has 0 aromatic heterocycles. The van der Waals surface area contributed by atoms with Gasteiger partial charge >= 0.3 is 0 Å². The van der Waals surface area contributed by atoms with E-state index < -0.39 is 0 Å². The third-order valence-corrected chi connectivity index (χ3v) is 3.24. The number of nitrogens with one attached hydrogen (secondary N) is 1. The van der Waals surface area contributed by atoms with Gasteiger partial charge < -0.3 is 11.1 Å². The second kappa shape index (κ2) is 5.13. The van der Waals surface area contributed by atoms with Crippen molar-refractivity contribution < 1.29 is 4.39 Å². The number of rotatable bonds is 5. The highest BCUT2D eigenvalue weighted by molar-refractivity contribution is 6.30. The van der Waals surface area contributed by atoms with Gasteiger partial charge in [0.15, 0.2) is 0 Å². The monoisotopic (exact) mass is 242 g/mol. The molecule has 1 atom stereocenters. The molecule has 1 aliphatic rings. The molecule has 1 fully saturated rings. The molecule has 1 aliphatic carbocycles. The van der Waals surface area contributed by atoms with Gasteiger partial charge in [0.1, 0.15) is 5.82 Å². The van der Waals surface area contributed by atoms with E-state index in [1.807, 2.05) is 6.07 Å². The fourth-order valence-electron chi connectivity index (χ4n) is 1.70. The summed E-state index contributed by atoms with van der Waals surface area (Å²) in [6.07, 6.45) is 2.58. The Kier molecular flexibility index (Phi) is 3.79. The molecule has 1 unspecified atom stereocenters. The Balaban J connectivity index is 2.02. The number of benzene rings is 1. The molecular formula is C12H16ClFN2. The lowest BCUT2D eigenvalue weighted by Crippen LogP contribution is -2.29. The molecule has 0 heterocycles. The van der Waals surface area contributed by atoms with E-state index >= 15 is 0 Å². The van der Waals surface area contributed by atoms with E-state index in [1.54, 1.807) is 6.07 Å². The van der Waals surface area contributed by atoms with Gasteiger partial charge in [-0.2, -0.15) is 0 Å². The van der Waals surface area contributed by atoms with Crippen molar-refractivity contribution in [3.05, 3.63) is 34.6 Å². The summed E-state index contributed by atoms with van der Waals surface area (Å²) in [4.78, 5) is 0. The quantitative estimate of drug-likeness (QED) is 0.833. The molecular weight excluding hydrogens is 227 g/mol. The molecule has 1 aromatic rings. The fourth-order valence-corrected chi connectivity index (χ4v) is 1.81. The molecule has 0 amide bonds. The zero-order chi connectivity index (χ0) is 11.5. The van der Waals surface area contributed by atoms with Gasteiger partial charge in [-0.15, -0.1) is 0 Å². The molecule has 3 N–H and O–H groups in total. The number of hydrogen-bond acceptors (Lipinski definition) is 2. The van der Waals surface area contributed by atoms with Gasteiger partial charge in [-0.1, -0.05) is 17.7 Å². The SMILES string of the molecule is NCC(NCC1CC1)c1ccc(Cl)c(F)c1. The Morgan fingerprint density at radius 1 is 1.50 bits per heavy atom. The van der Waals surface area contributed by atoms with Gasteiger partial charge in [-0.3, -0.25) is 0 Å². The summed E-state index contributed by atoms with van der Waals surface area (Å²) >= 11 is 5.64. The normalized spacial score (nSPS) is 17.4. The summed E-state index contributed by atoms with van der Waals surface area (Å²) in [6.45, 7) is 1.43. The van der Waals surface area contributed by atoms with Gasteiger partial charge in [-0.05, 0) is 43.0 Å². The molecule has 0 saturated heterocycles. The summed E-state index contributed by atoms with van der Waals surface area (Å²) in [5, 5.41) is 3.51. The van der Waals surface area contributed by atoms with Crippen LogP contribution < -0.4 is 11.1 Å². The second-order valence-electron chi connectivity index (χ2n) is 4.31. The highest BCUT2D eigenvalue weighted by Crippen LogP contribution is 2.28. The van der Waals surface area contributed by atoms with Crippen molar-refractivity contribution in [2.45, 2.75) is 18.9 Å². The fraction of sp³-hybridized carbons (Fsp3) is 0.500. The first-order valence-electron chi connectivity index (χ1n) is 5.59. The van der Waals surface area contributed by atoms with Crippen molar-refractivity contribution in [2.24, 2.45) is 11.7 Å². The zero-order valence-electron chi connectivity index (χ0n) is 9.05. The average molecular weight is 243 g/mol. The van der Waals surface area contributed by atoms with E-state index in [-0.39, 0.29) is 16.9 Å². The number of halogens is 2. The van der Waals surface area contributed by atoms with Crippen LogP contribution in [0.2, 0.25) is 5.02 Å². The minimum absolute atomic E-state index is 0.0207. The summed E-state index contributed by atoms with van der Waals surface area (Å²) in [6, 6.07) is 4.88. The van der Waals surface area contributed by atoms with Crippen molar-refractivity contribution in [1.29, 1.82) is 0 Å². The van der Waals surface area contributed by atoms with E-state index in [1.165, 1.54) is 18.9 Å². The highest BCUT2D eigenvalue weighted by atomic mass is 35.5. The maximum Gasteiger partial charge on any atom is 0.142 e. The first-order chi connectivity index (χ1) is 7.70. The van der Waals surface area contributed by atoms with Crippen LogP contribution in [-0.4, -0.2) is 13.1 Å². The molecule has 0 radical (unpaired) electrons. The average Bonchev–Trinajstić information content (AvgIpc) is 3.08. The van der Waals surface area contributed by atoms with E-state index in [2.05, 4.69) is 5.32 Å². The number of nitrogens with two attached hydrogens (primary N) is 1. The van der Waals surface area contributed by atoms with Crippen LogP contribution in [0.25, 0.3) is 0 Å². The van der Waals surface area contributed by atoms with Gasteiger partial charge in [0.05, 0.1) is 5.02 Å². The standard InChI is InChI=1S/C12H16ClFN2/c13-10-4-3-9(5-11(10)14)12(6-15)16-7-8-1-2-8/h3-5,8,12,16H,1-2,6-7,15H2. The molecule has 2 nitrogen and oxygen atoms in total. The maximum absolute atomic E-state index is 13.3. The summed E-state index contributed by atoms with van der Waals surface area (Å²) in [5.41, 5.74) is 6.55. The van der Waals surface area contributed by atoms with Crippen LogP contribution in [-0.2, 0) is 0 Å². The van der Waals surface area contributed by atoms with Crippen molar-refractivity contribution in [1.82, 2.24) is 5.32 Å². The lowest BCUT2D eigenvalue weighted by atomic mass is 10.1. The van der Waals surface area contributed by atoms with E-state index in [4.69, 9.17) is 17.3 Å².